The first-order chi connectivity index (χ1) is 11.7. The van der Waals surface area contributed by atoms with Crippen molar-refractivity contribution in [2.24, 2.45) is 0 Å². The SMILES string of the molecule is Cc1ccc2c(c1)CC[C@H](c1ccccc1)[C@@H]2c1ccc(O)cc1. The molecule has 2 atom stereocenters. The van der Waals surface area contributed by atoms with E-state index < -0.39 is 0 Å². The minimum atomic E-state index is 0.329. The van der Waals surface area contributed by atoms with Crippen molar-refractivity contribution >= 4 is 0 Å². The van der Waals surface area contributed by atoms with Gasteiger partial charge in [-0.1, -0.05) is 66.2 Å². The predicted octanol–water partition coefficient (Wildman–Crippen LogP) is 5.56. The molecule has 3 aromatic carbocycles. The fourth-order valence-electron chi connectivity index (χ4n) is 4.10. The van der Waals surface area contributed by atoms with E-state index in [1.807, 2.05) is 0 Å². The molecular weight excluding hydrogens is 292 g/mol. The van der Waals surface area contributed by atoms with Crippen molar-refractivity contribution in [1.82, 2.24) is 0 Å². The Balaban J connectivity index is 1.86. The molecule has 0 aromatic heterocycles. The monoisotopic (exact) mass is 314 g/mol. The van der Waals surface area contributed by atoms with Crippen LogP contribution in [0.25, 0.3) is 0 Å². The van der Waals surface area contributed by atoms with Crippen LogP contribution < -0.4 is 0 Å². The van der Waals surface area contributed by atoms with E-state index in [2.05, 4.69) is 67.6 Å². The Bertz CT molecular complexity index is 834. The Labute approximate surface area is 143 Å². The maximum absolute atomic E-state index is 9.67. The summed E-state index contributed by atoms with van der Waals surface area (Å²) in [6.45, 7) is 2.17. The van der Waals surface area contributed by atoms with Crippen molar-refractivity contribution < 1.29 is 5.11 Å². The zero-order valence-electron chi connectivity index (χ0n) is 13.9. The molecule has 120 valence electrons. The number of aryl methyl sites for hydroxylation is 2. The number of aromatic hydroxyl groups is 1. The highest BCUT2D eigenvalue weighted by Crippen LogP contribution is 2.46. The number of benzene rings is 3. The molecule has 1 heteroatoms. The number of hydrogen-bond donors (Lipinski definition) is 1. The molecule has 0 bridgehead atoms. The summed E-state index contributed by atoms with van der Waals surface area (Å²) in [7, 11) is 0. The van der Waals surface area contributed by atoms with E-state index in [1.165, 1.54) is 27.8 Å². The molecule has 0 radical (unpaired) electrons. The van der Waals surface area contributed by atoms with Crippen LogP contribution in [0.4, 0.5) is 0 Å². The van der Waals surface area contributed by atoms with Gasteiger partial charge in [-0.25, -0.2) is 0 Å². The standard InChI is InChI=1S/C23H22O/c1-16-7-13-22-19(15-16)10-14-21(17-5-3-2-4-6-17)23(22)18-8-11-20(24)12-9-18/h2-9,11-13,15,21,23-24H,10,14H2,1H3/t21-,23+/m1/s1. The summed E-state index contributed by atoms with van der Waals surface area (Å²) in [4.78, 5) is 0. The first-order valence-electron chi connectivity index (χ1n) is 8.65. The van der Waals surface area contributed by atoms with Crippen LogP contribution in [0.15, 0.2) is 72.8 Å². The fourth-order valence-corrected chi connectivity index (χ4v) is 4.10. The molecule has 0 aliphatic heterocycles. The topological polar surface area (TPSA) is 20.2 Å². The lowest BCUT2D eigenvalue weighted by Crippen LogP contribution is -2.20. The Morgan fingerprint density at radius 1 is 0.833 bits per heavy atom. The number of fused-ring (bicyclic) bond motifs is 1. The second-order valence-corrected chi connectivity index (χ2v) is 6.83. The quantitative estimate of drug-likeness (QED) is 0.656. The van der Waals surface area contributed by atoms with Crippen LogP contribution in [0.5, 0.6) is 5.75 Å². The number of hydrogen-bond acceptors (Lipinski definition) is 1. The molecule has 0 fully saturated rings. The van der Waals surface area contributed by atoms with E-state index in [-0.39, 0.29) is 0 Å². The zero-order chi connectivity index (χ0) is 16.5. The third kappa shape index (κ3) is 2.71. The molecule has 0 heterocycles. The minimum Gasteiger partial charge on any atom is -0.508 e. The first-order valence-corrected chi connectivity index (χ1v) is 8.65. The van der Waals surface area contributed by atoms with Crippen molar-refractivity contribution in [3.63, 3.8) is 0 Å². The highest BCUT2D eigenvalue weighted by molar-refractivity contribution is 5.46. The van der Waals surface area contributed by atoms with E-state index in [1.54, 1.807) is 12.1 Å². The molecule has 3 aromatic rings. The van der Waals surface area contributed by atoms with Gasteiger partial charge in [-0.05, 0) is 60.1 Å². The fraction of sp³-hybridized carbons (Fsp3) is 0.217. The van der Waals surface area contributed by atoms with Crippen molar-refractivity contribution in [1.29, 1.82) is 0 Å². The molecule has 1 nitrogen and oxygen atoms in total. The van der Waals surface area contributed by atoms with Gasteiger partial charge >= 0.3 is 0 Å². The lowest BCUT2D eigenvalue weighted by molar-refractivity contribution is 0.474. The van der Waals surface area contributed by atoms with Gasteiger partial charge in [0.05, 0.1) is 0 Å². The lowest BCUT2D eigenvalue weighted by Gasteiger charge is -2.35. The summed E-state index contributed by atoms with van der Waals surface area (Å²) in [6.07, 6.45) is 2.29. The van der Waals surface area contributed by atoms with E-state index in [4.69, 9.17) is 0 Å². The molecule has 1 aliphatic rings. The van der Waals surface area contributed by atoms with Crippen LogP contribution in [0.2, 0.25) is 0 Å². The molecule has 24 heavy (non-hydrogen) atoms. The molecular formula is C23H22O. The lowest BCUT2D eigenvalue weighted by atomic mass is 9.69. The average molecular weight is 314 g/mol. The third-order valence-electron chi connectivity index (χ3n) is 5.24. The Morgan fingerprint density at radius 2 is 1.58 bits per heavy atom. The van der Waals surface area contributed by atoms with Gasteiger partial charge < -0.3 is 5.11 Å². The maximum atomic E-state index is 9.67. The summed E-state index contributed by atoms with van der Waals surface area (Å²) in [5.41, 5.74) is 6.93. The largest absolute Gasteiger partial charge is 0.508 e. The maximum Gasteiger partial charge on any atom is 0.115 e. The molecule has 1 N–H and O–H groups in total. The highest BCUT2D eigenvalue weighted by atomic mass is 16.3. The van der Waals surface area contributed by atoms with Gasteiger partial charge in [-0.15, -0.1) is 0 Å². The summed E-state index contributed by atoms with van der Waals surface area (Å²) in [5.74, 6) is 1.15. The van der Waals surface area contributed by atoms with Gasteiger partial charge in [0, 0.05) is 5.92 Å². The zero-order valence-corrected chi connectivity index (χ0v) is 13.9. The van der Waals surface area contributed by atoms with E-state index >= 15 is 0 Å². The van der Waals surface area contributed by atoms with Crippen LogP contribution in [-0.2, 0) is 6.42 Å². The second-order valence-electron chi connectivity index (χ2n) is 6.83. The third-order valence-corrected chi connectivity index (χ3v) is 5.24. The average Bonchev–Trinajstić information content (AvgIpc) is 2.62. The first kappa shape index (κ1) is 15.0. The van der Waals surface area contributed by atoms with Crippen LogP contribution in [0.3, 0.4) is 0 Å². The summed E-state index contributed by atoms with van der Waals surface area (Å²) >= 11 is 0. The van der Waals surface area contributed by atoms with Crippen molar-refractivity contribution in [2.45, 2.75) is 31.6 Å². The summed E-state index contributed by atoms with van der Waals surface area (Å²) in [6, 6.07) is 25.5. The van der Waals surface area contributed by atoms with Gasteiger partial charge in [-0.3, -0.25) is 0 Å². The van der Waals surface area contributed by atoms with Gasteiger partial charge in [0.1, 0.15) is 5.75 Å². The Hall–Kier alpha value is -2.54. The highest BCUT2D eigenvalue weighted by Gasteiger charge is 2.31. The van der Waals surface area contributed by atoms with Gasteiger partial charge in [0.2, 0.25) is 0 Å². The number of phenols is 1. The number of rotatable bonds is 2. The van der Waals surface area contributed by atoms with Crippen LogP contribution in [0.1, 0.15) is 46.1 Å². The molecule has 0 unspecified atom stereocenters. The van der Waals surface area contributed by atoms with Gasteiger partial charge in [-0.2, -0.15) is 0 Å². The van der Waals surface area contributed by atoms with Crippen molar-refractivity contribution in [3.8, 4) is 5.75 Å². The van der Waals surface area contributed by atoms with Crippen LogP contribution >= 0.6 is 0 Å². The predicted molar refractivity (Wildman–Crippen MR) is 98.6 cm³/mol. The van der Waals surface area contributed by atoms with E-state index in [9.17, 15) is 5.11 Å². The molecule has 0 amide bonds. The van der Waals surface area contributed by atoms with Crippen LogP contribution in [-0.4, -0.2) is 5.11 Å². The Morgan fingerprint density at radius 3 is 2.33 bits per heavy atom. The van der Waals surface area contributed by atoms with Crippen molar-refractivity contribution in [3.05, 3.63) is 101 Å². The molecule has 1 aliphatic carbocycles. The second kappa shape index (κ2) is 6.16. The summed E-state index contributed by atoms with van der Waals surface area (Å²) in [5, 5.41) is 9.67. The minimum absolute atomic E-state index is 0.329. The van der Waals surface area contributed by atoms with Gasteiger partial charge in [0.15, 0.2) is 0 Å². The molecule has 0 spiro atoms. The smallest absolute Gasteiger partial charge is 0.115 e. The Kier molecular flexibility index (Phi) is 3.86. The van der Waals surface area contributed by atoms with Crippen LogP contribution in [0, 0.1) is 6.92 Å². The molecule has 4 rings (SSSR count). The number of phenolic OH excluding ortho intramolecular Hbond substituents is 1. The van der Waals surface area contributed by atoms with E-state index in [0.29, 0.717) is 17.6 Å². The molecule has 0 saturated carbocycles. The van der Waals surface area contributed by atoms with Gasteiger partial charge in [0.25, 0.3) is 0 Å². The molecule has 0 saturated heterocycles. The van der Waals surface area contributed by atoms with Crippen molar-refractivity contribution in [2.75, 3.05) is 0 Å². The summed E-state index contributed by atoms with van der Waals surface area (Å²) < 4.78 is 0. The normalized spacial score (nSPS) is 19.7. The van der Waals surface area contributed by atoms with E-state index in [0.717, 1.165) is 12.8 Å².